The van der Waals surface area contributed by atoms with E-state index in [2.05, 4.69) is 31.0 Å². The average Bonchev–Trinajstić information content (AvgIpc) is 2.18. The Morgan fingerprint density at radius 2 is 1.64 bits per heavy atom. The Hall–Kier alpha value is -0.310. The maximum absolute atomic E-state index is 5.33. The molecule has 0 bridgehead atoms. The number of nitrogens with zero attached hydrogens (tertiary/aromatic N) is 1. The Labute approximate surface area is 94.1 Å². The molecule has 0 heterocycles. The molecule has 0 radical (unpaired) electrons. The van der Waals surface area contributed by atoms with Crippen molar-refractivity contribution in [2.75, 3.05) is 19.6 Å². The van der Waals surface area contributed by atoms with Crippen molar-refractivity contribution in [1.82, 2.24) is 10.2 Å². The molecule has 84 valence electrons. The highest BCUT2D eigenvalue weighted by molar-refractivity contribution is 7.80. The molecule has 0 amide bonds. The second-order valence-electron chi connectivity index (χ2n) is 3.57. The standard InChI is InChI=1S/C11H24N2S/c1-4-7-8-12-11(14)13(9-5-2)10-6-3/h4-10H2,1-3H3,(H,12,14). The summed E-state index contributed by atoms with van der Waals surface area (Å²) in [6.45, 7) is 9.74. The molecule has 0 aliphatic carbocycles. The average molecular weight is 216 g/mol. The predicted octanol–water partition coefficient (Wildman–Crippen LogP) is 2.78. The van der Waals surface area contributed by atoms with Crippen LogP contribution in [0.15, 0.2) is 0 Å². The van der Waals surface area contributed by atoms with Gasteiger partial charge in [0.05, 0.1) is 0 Å². The molecule has 0 aliphatic heterocycles. The van der Waals surface area contributed by atoms with E-state index in [0.29, 0.717) is 0 Å². The molecule has 0 aromatic heterocycles. The fourth-order valence-electron chi connectivity index (χ4n) is 1.34. The van der Waals surface area contributed by atoms with Gasteiger partial charge in [0.1, 0.15) is 0 Å². The number of hydrogen-bond donors (Lipinski definition) is 1. The predicted molar refractivity (Wildman–Crippen MR) is 67.7 cm³/mol. The summed E-state index contributed by atoms with van der Waals surface area (Å²) in [6.07, 6.45) is 4.74. The van der Waals surface area contributed by atoms with Crippen molar-refractivity contribution in [1.29, 1.82) is 0 Å². The molecule has 0 fully saturated rings. The van der Waals surface area contributed by atoms with Crippen molar-refractivity contribution in [3.05, 3.63) is 0 Å². The molecule has 1 N–H and O–H groups in total. The summed E-state index contributed by atoms with van der Waals surface area (Å²) in [5.74, 6) is 0. The van der Waals surface area contributed by atoms with E-state index in [9.17, 15) is 0 Å². The van der Waals surface area contributed by atoms with Gasteiger partial charge in [0.15, 0.2) is 5.11 Å². The lowest BCUT2D eigenvalue weighted by atomic mass is 10.3. The fourth-order valence-corrected chi connectivity index (χ4v) is 1.62. The van der Waals surface area contributed by atoms with E-state index in [1.807, 2.05) is 0 Å². The minimum atomic E-state index is 0.933. The molecular weight excluding hydrogens is 192 g/mol. The summed E-state index contributed by atoms with van der Waals surface area (Å²) >= 11 is 5.33. The minimum Gasteiger partial charge on any atom is -0.363 e. The van der Waals surface area contributed by atoms with Crippen molar-refractivity contribution in [3.63, 3.8) is 0 Å². The fraction of sp³-hybridized carbons (Fsp3) is 0.909. The van der Waals surface area contributed by atoms with Crippen molar-refractivity contribution in [3.8, 4) is 0 Å². The molecule has 0 rings (SSSR count). The van der Waals surface area contributed by atoms with Gasteiger partial charge < -0.3 is 10.2 Å². The van der Waals surface area contributed by atoms with E-state index < -0.39 is 0 Å². The van der Waals surface area contributed by atoms with Gasteiger partial charge in [-0.1, -0.05) is 27.2 Å². The van der Waals surface area contributed by atoms with Gasteiger partial charge in [-0.05, 0) is 31.5 Å². The van der Waals surface area contributed by atoms with Crippen LogP contribution in [0.2, 0.25) is 0 Å². The van der Waals surface area contributed by atoms with Crippen LogP contribution in [0.5, 0.6) is 0 Å². The van der Waals surface area contributed by atoms with Crippen LogP contribution in [0.4, 0.5) is 0 Å². The second-order valence-corrected chi connectivity index (χ2v) is 3.96. The van der Waals surface area contributed by atoms with Crippen LogP contribution in [-0.2, 0) is 0 Å². The lowest BCUT2D eigenvalue weighted by molar-refractivity contribution is 0.409. The molecule has 0 aromatic carbocycles. The van der Waals surface area contributed by atoms with Gasteiger partial charge >= 0.3 is 0 Å². The molecule has 0 spiro atoms. The van der Waals surface area contributed by atoms with E-state index in [4.69, 9.17) is 12.2 Å². The van der Waals surface area contributed by atoms with Crippen LogP contribution in [0, 0.1) is 0 Å². The van der Waals surface area contributed by atoms with E-state index in [1.54, 1.807) is 0 Å². The summed E-state index contributed by atoms with van der Waals surface area (Å²) in [6, 6.07) is 0. The quantitative estimate of drug-likeness (QED) is 0.520. The van der Waals surface area contributed by atoms with Gasteiger partial charge in [-0.15, -0.1) is 0 Å². The first kappa shape index (κ1) is 13.7. The molecule has 0 saturated heterocycles. The van der Waals surface area contributed by atoms with Crippen molar-refractivity contribution in [2.45, 2.75) is 46.5 Å². The third-order valence-electron chi connectivity index (χ3n) is 2.08. The first-order valence-electron chi connectivity index (χ1n) is 5.79. The molecule has 0 atom stereocenters. The summed E-state index contributed by atoms with van der Waals surface area (Å²) in [7, 11) is 0. The summed E-state index contributed by atoms with van der Waals surface area (Å²) in [4.78, 5) is 2.27. The summed E-state index contributed by atoms with van der Waals surface area (Å²) in [5, 5.41) is 4.24. The van der Waals surface area contributed by atoms with Crippen LogP contribution in [0.3, 0.4) is 0 Å². The molecule has 0 aliphatic rings. The Morgan fingerprint density at radius 3 is 2.07 bits per heavy atom. The zero-order valence-electron chi connectivity index (χ0n) is 9.81. The summed E-state index contributed by atoms with van der Waals surface area (Å²) in [5.41, 5.74) is 0. The van der Waals surface area contributed by atoms with Gasteiger partial charge in [-0.25, -0.2) is 0 Å². The van der Waals surface area contributed by atoms with Crippen LogP contribution >= 0.6 is 12.2 Å². The minimum absolute atomic E-state index is 0.933. The van der Waals surface area contributed by atoms with Gasteiger partial charge in [0, 0.05) is 19.6 Å². The Morgan fingerprint density at radius 1 is 1.07 bits per heavy atom. The van der Waals surface area contributed by atoms with Gasteiger partial charge in [-0.3, -0.25) is 0 Å². The maximum Gasteiger partial charge on any atom is 0.168 e. The molecule has 0 unspecified atom stereocenters. The van der Waals surface area contributed by atoms with E-state index >= 15 is 0 Å². The van der Waals surface area contributed by atoms with E-state index in [-0.39, 0.29) is 0 Å². The second kappa shape index (κ2) is 9.25. The molecule has 14 heavy (non-hydrogen) atoms. The Balaban J connectivity index is 3.76. The molecule has 2 nitrogen and oxygen atoms in total. The number of rotatable bonds is 7. The van der Waals surface area contributed by atoms with E-state index in [1.165, 1.54) is 12.8 Å². The largest absolute Gasteiger partial charge is 0.363 e. The highest BCUT2D eigenvalue weighted by Crippen LogP contribution is 1.96. The van der Waals surface area contributed by atoms with Gasteiger partial charge in [0.25, 0.3) is 0 Å². The summed E-state index contributed by atoms with van der Waals surface area (Å²) < 4.78 is 0. The van der Waals surface area contributed by atoms with Gasteiger partial charge in [-0.2, -0.15) is 0 Å². The maximum atomic E-state index is 5.33. The molecule has 0 aromatic rings. The SMILES string of the molecule is CCCCNC(=S)N(CCC)CCC. The highest BCUT2D eigenvalue weighted by atomic mass is 32.1. The molecule has 3 heteroatoms. The van der Waals surface area contributed by atoms with Crippen LogP contribution in [-0.4, -0.2) is 29.6 Å². The topological polar surface area (TPSA) is 15.3 Å². The van der Waals surface area contributed by atoms with Crippen LogP contribution < -0.4 is 5.32 Å². The third-order valence-corrected chi connectivity index (χ3v) is 2.48. The monoisotopic (exact) mass is 216 g/mol. The highest BCUT2D eigenvalue weighted by Gasteiger charge is 2.05. The van der Waals surface area contributed by atoms with Crippen molar-refractivity contribution in [2.24, 2.45) is 0 Å². The Bertz CT molecular complexity index is 142. The third kappa shape index (κ3) is 6.19. The zero-order valence-corrected chi connectivity index (χ0v) is 10.6. The molecule has 0 saturated carbocycles. The number of thiocarbonyl (C=S) groups is 1. The first-order chi connectivity index (χ1) is 6.76. The van der Waals surface area contributed by atoms with Crippen molar-refractivity contribution >= 4 is 17.3 Å². The smallest absolute Gasteiger partial charge is 0.168 e. The van der Waals surface area contributed by atoms with Crippen LogP contribution in [0.1, 0.15) is 46.5 Å². The lowest BCUT2D eigenvalue weighted by Gasteiger charge is -2.24. The van der Waals surface area contributed by atoms with Crippen LogP contribution in [0.25, 0.3) is 0 Å². The lowest BCUT2D eigenvalue weighted by Crippen LogP contribution is -2.40. The Kier molecular flexibility index (Phi) is 9.05. The normalized spacial score (nSPS) is 9.93. The van der Waals surface area contributed by atoms with Crippen molar-refractivity contribution < 1.29 is 0 Å². The number of hydrogen-bond acceptors (Lipinski definition) is 1. The molecular formula is C11H24N2S. The first-order valence-corrected chi connectivity index (χ1v) is 6.19. The number of nitrogens with one attached hydrogen (secondary N) is 1. The van der Waals surface area contributed by atoms with E-state index in [0.717, 1.165) is 37.6 Å². The van der Waals surface area contributed by atoms with Gasteiger partial charge in [0.2, 0.25) is 0 Å². The number of unbranched alkanes of at least 4 members (excludes halogenated alkanes) is 1. The zero-order chi connectivity index (χ0) is 10.8.